The molecule has 0 amide bonds. The molecule has 1 heterocycles. The van der Waals surface area contributed by atoms with Gasteiger partial charge in [0.2, 0.25) is 10.0 Å². The molecular weight excluding hydrogens is 426 g/mol. The summed E-state index contributed by atoms with van der Waals surface area (Å²) < 4.78 is 38.8. The van der Waals surface area contributed by atoms with Gasteiger partial charge in [-0.1, -0.05) is 17.7 Å². The summed E-state index contributed by atoms with van der Waals surface area (Å²) in [6, 6.07) is 14.8. The van der Waals surface area contributed by atoms with E-state index in [-0.39, 0.29) is 46.8 Å². The summed E-state index contributed by atoms with van der Waals surface area (Å²) in [7, 11) is -3.80. The molecule has 1 aliphatic rings. The molecule has 3 rings (SSSR count). The quantitative estimate of drug-likeness (QED) is 0.606. The average molecular weight is 446 g/mol. The van der Waals surface area contributed by atoms with Crippen molar-refractivity contribution >= 4 is 21.6 Å². The van der Waals surface area contributed by atoms with Crippen molar-refractivity contribution in [1.29, 1.82) is 10.5 Å². The highest BCUT2D eigenvalue weighted by atomic mass is 35.5. The van der Waals surface area contributed by atoms with E-state index in [0.717, 1.165) is 12.8 Å². The molecule has 0 bridgehead atoms. The minimum atomic E-state index is -3.80. The van der Waals surface area contributed by atoms with Crippen molar-refractivity contribution in [2.24, 2.45) is 0 Å². The molecule has 1 fully saturated rings. The molecule has 0 radical (unpaired) electrons. The summed E-state index contributed by atoms with van der Waals surface area (Å²) in [5.74, 6) is 0.657. The van der Waals surface area contributed by atoms with Crippen LogP contribution in [0.2, 0.25) is 5.02 Å². The van der Waals surface area contributed by atoms with Crippen molar-refractivity contribution in [1.82, 2.24) is 4.31 Å². The van der Waals surface area contributed by atoms with Crippen molar-refractivity contribution in [2.75, 3.05) is 19.7 Å². The van der Waals surface area contributed by atoms with Crippen LogP contribution in [-0.2, 0) is 14.8 Å². The molecule has 156 valence electrons. The predicted molar refractivity (Wildman–Crippen MR) is 111 cm³/mol. The molecule has 1 aliphatic heterocycles. The summed E-state index contributed by atoms with van der Waals surface area (Å²) in [5, 5.41) is 18.4. The summed E-state index contributed by atoms with van der Waals surface area (Å²) in [6.07, 6.45) is 1.63. The van der Waals surface area contributed by atoms with Gasteiger partial charge in [0.1, 0.15) is 23.1 Å². The van der Waals surface area contributed by atoms with Crippen molar-refractivity contribution in [3.63, 3.8) is 0 Å². The zero-order valence-electron chi connectivity index (χ0n) is 16.1. The number of halogens is 1. The molecule has 7 nitrogen and oxygen atoms in total. The highest BCUT2D eigenvalue weighted by Crippen LogP contribution is 2.30. The van der Waals surface area contributed by atoms with Gasteiger partial charge < -0.3 is 9.47 Å². The van der Waals surface area contributed by atoms with Gasteiger partial charge in [0.15, 0.2) is 0 Å². The highest BCUT2D eigenvalue weighted by Gasteiger charge is 2.29. The van der Waals surface area contributed by atoms with E-state index in [1.165, 1.54) is 28.6 Å². The SMILES string of the molecule is N#CCCN(CC1CCCO1)S(=O)(=O)c1ccc(Oc2cccc(Cl)c2C#N)cc1. The molecule has 0 spiro atoms. The molecule has 0 aliphatic carbocycles. The summed E-state index contributed by atoms with van der Waals surface area (Å²) in [4.78, 5) is 0.0948. The topological polar surface area (TPSA) is 103 Å². The molecule has 1 unspecified atom stereocenters. The van der Waals surface area contributed by atoms with Crippen LogP contribution >= 0.6 is 11.6 Å². The van der Waals surface area contributed by atoms with Crippen molar-refractivity contribution in [3.8, 4) is 23.6 Å². The number of hydrogen-bond donors (Lipinski definition) is 0. The molecule has 0 saturated carbocycles. The first-order chi connectivity index (χ1) is 14.5. The van der Waals surface area contributed by atoms with Gasteiger partial charge in [-0.05, 0) is 49.2 Å². The number of benzene rings is 2. The molecule has 30 heavy (non-hydrogen) atoms. The van der Waals surface area contributed by atoms with Gasteiger partial charge >= 0.3 is 0 Å². The van der Waals surface area contributed by atoms with Crippen LogP contribution in [0.15, 0.2) is 47.4 Å². The smallest absolute Gasteiger partial charge is 0.243 e. The van der Waals surface area contributed by atoms with Gasteiger partial charge in [-0.3, -0.25) is 0 Å². The van der Waals surface area contributed by atoms with Crippen LogP contribution in [-0.4, -0.2) is 38.5 Å². The minimum absolute atomic E-state index is 0.0948. The van der Waals surface area contributed by atoms with Crippen LogP contribution in [0.25, 0.3) is 0 Å². The van der Waals surface area contributed by atoms with E-state index >= 15 is 0 Å². The lowest BCUT2D eigenvalue weighted by Crippen LogP contribution is -2.38. The Bertz CT molecular complexity index is 1070. The fourth-order valence-electron chi connectivity index (χ4n) is 3.15. The monoisotopic (exact) mass is 445 g/mol. The first kappa shape index (κ1) is 22.1. The number of nitriles is 2. The van der Waals surface area contributed by atoms with Crippen LogP contribution < -0.4 is 4.74 Å². The molecule has 0 aromatic heterocycles. The number of rotatable bonds is 8. The lowest BCUT2D eigenvalue weighted by molar-refractivity contribution is 0.0941. The third kappa shape index (κ3) is 5.10. The molecular formula is C21H20ClN3O4S. The third-order valence-electron chi connectivity index (χ3n) is 4.68. The number of sulfonamides is 1. The van der Waals surface area contributed by atoms with Gasteiger partial charge in [0.25, 0.3) is 0 Å². The molecule has 1 atom stereocenters. The Labute approximate surface area is 181 Å². The Morgan fingerprint density at radius 2 is 1.97 bits per heavy atom. The van der Waals surface area contributed by atoms with Gasteiger partial charge in [-0.2, -0.15) is 14.8 Å². The number of hydrogen-bond acceptors (Lipinski definition) is 6. The van der Waals surface area contributed by atoms with E-state index in [9.17, 15) is 13.7 Å². The number of nitrogens with zero attached hydrogens (tertiary/aromatic N) is 3. The van der Waals surface area contributed by atoms with Crippen LogP contribution in [0.1, 0.15) is 24.8 Å². The second-order valence-electron chi connectivity index (χ2n) is 6.70. The Morgan fingerprint density at radius 1 is 1.20 bits per heavy atom. The Hall–Kier alpha value is -2.62. The Balaban J connectivity index is 1.80. The van der Waals surface area contributed by atoms with Crippen LogP contribution in [0, 0.1) is 22.7 Å². The van der Waals surface area contributed by atoms with Gasteiger partial charge in [-0.25, -0.2) is 8.42 Å². The lowest BCUT2D eigenvalue weighted by Gasteiger charge is -2.24. The zero-order chi connectivity index (χ0) is 21.6. The second-order valence-corrected chi connectivity index (χ2v) is 9.05. The first-order valence-corrected chi connectivity index (χ1v) is 11.2. The van der Waals surface area contributed by atoms with Crippen LogP contribution in [0.3, 0.4) is 0 Å². The molecule has 2 aromatic carbocycles. The van der Waals surface area contributed by atoms with E-state index in [4.69, 9.17) is 26.3 Å². The average Bonchev–Trinajstić information content (AvgIpc) is 3.25. The van der Waals surface area contributed by atoms with E-state index in [0.29, 0.717) is 12.4 Å². The van der Waals surface area contributed by atoms with Crippen molar-refractivity contribution in [3.05, 3.63) is 53.1 Å². The normalized spacial score (nSPS) is 16.2. The van der Waals surface area contributed by atoms with E-state index in [1.54, 1.807) is 18.2 Å². The van der Waals surface area contributed by atoms with Gasteiger partial charge in [-0.15, -0.1) is 0 Å². The lowest BCUT2D eigenvalue weighted by atomic mass is 10.2. The number of ether oxygens (including phenoxy) is 2. The van der Waals surface area contributed by atoms with Crippen molar-refractivity contribution < 1.29 is 17.9 Å². The maximum Gasteiger partial charge on any atom is 0.243 e. The van der Waals surface area contributed by atoms with E-state index in [1.807, 2.05) is 12.1 Å². The third-order valence-corrected chi connectivity index (χ3v) is 6.88. The Morgan fingerprint density at radius 3 is 2.60 bits per heavy atom. The predicted octanol–water partition coefficient (Wildman–Crippen LogP) is 4.09. The van der Waals surface area contributed by atoms with Gasteiger partial charge in [0.05, 0.1) is 22.1 Å². The minimum Gasteiger partial charge on any atom is -0.456 e. The maximum atomic E-state index is 13.1. The van der Waals surface area contributed by atoms with Crippen molar-refractivity contribution in [2.45, 2.75) is 30.3 Å². The molecule has 0 N–H and O–H groups in total. The maximum absolute atomic E-state index is 13.1. The standard InChI is InChI=1S/C21H20ClN3O4S/c22-20-5-1-6-21(19(20)14-24)29-16-7-9-18(10-8-16)30(26,27)25(12-3-11-23)15-17-4-2-13-28-17/h1,5-10,17H,2-4,12-13,15H2. The first-order valence-electron chi connectivity index (χ1n) is 9.41. The Kier molecular flexibility index (Phi) is 7.30. The molecule has 2 aromatic rings. The largest absolute Gasteiger partial charge is 0.456 e. The molecule has 9 heteroatoms. The van der Waals surface area contributed by atoms with E-state index < -0.39 is 10.0 Å². The second kappa shape index (κ2) is 9.92. The molecule has 1 saturated heterocycles. The summed E-state index contributed by atoms with van der Waals surface area (Å²) >= 11 is 6.01. The van der Waals surface area contributed by atoms with Crippen LogP contribution in [0.4, 0.5) is 0 Å². The van der Waals surface area contributed by atoms with Crippen LogP contribution in [0.5, 0.6) is 11.5 Å². The van der Waals surface area contributed by atoms with E-state index in [2.05, 4.69) is 0 Å². The van der Waals surface area contributed by atoms with Gasteiger partial charge in [0, 0.05) is 26.1 Å². The fraction of sp³-hybridized carbons (Fsp3) is 0.333. The summed E-state index contributed by atoms with van der Waals surface area (Å²) in [6.45, 7) is 0.943. The highest BCUT2D eigenvalue weighted by molar-refractivity contribution is 7.89. The zero-order valence-corrected chi connectivity index (χ0v) is 17.7. The summed E-state index contributed by atoms with van der Waals surface area (Å²) in [5.41, 5.74) is 0.204. The fourth-order valence-corrected chi connectivity index (χ4v) is 4.83.